The number of likely N-dealkylation sites (N-methyl/N-ethyl adjacent to an activating group) is 1. The molecule has 0 aliphatic carbocycles. The fourth-order valence-corrected chi connectivity index (χ4v) is 8.55. The van der Waals surface area contributed by atoms with Crippen molar-refractivity contribution in [3.63, 3.8) is 0 Å². The van der Waals surface area contributed by atoms with Crippen LogP contribution in [0.5, 0.6) is 0 Å². The normalized spacial score (nSPS) is 14.2. The van der Waals surface area contributed by atoms with Gasteiger partial charge in [-0.1, -0.05) is 205 Å². The highest BCUT2D eigenvalue weighted by Crippen LogP contribution is 2.38. The van der Waals surface area contributed by atoms with E-state index in [2.05, 4.69) is 62.5 Å². The van der Waals surface area contributed by atoms with E-state index in [9.17, 15) is 19.0 Å². The summed E-state index contributed by atoms with van der Waals surface area (Å²) in [6.07, 6.45) is 56.4. The summed E-state index contributed by atoms with van der Waals surface area (Å²) in [6, 6.07) is -0.893. The molecule has 0 spiro atoms. The van der Waals surface area contributed by atoms with Crippen molar-refractivity contribution in [2.45, 2.75) is 264 Å². The molecule has 0 bridgehead atoms. The number of phosphoric acid groups is 1. The number of allylic oxidation sites excluding steroid dienone is 7. The first-order valence-electron chi connectivity index (χ1n) is 27.9. The predicted molar refractivity (Wildman–Crippen MR) is 284 cm³/mol. The molecule has 392 valence electrons. The molecule has 0 aliphatic rings. The molecular formula is C57H107N2O7P. The lowest BCUT2D eigenvalue weighted by molar-refractivity contribution is -0.870. The number of esters is 1. The van der Waals surface area contributed by atoms with Gasteiger partial charge in [-0.25, -0.2) is 0 Å². The van der Waals surface area contributed by atoms with E-state index in [0.717, 1.165) is 103 Å². The summed E-state index contributed by atoms with van der Waals surface area (Å²) in [4.78, 5) is 39.7. The van der Waals surface area contributed by atoms with Gasteiger partial charge in [0.1, 0.15) is 19.3 Å². The zero-order valence-electron chi connectivity index (χ0n) is 44.6. The maximum absolute atomic E-state index is 13.4. The van der Waals surface area contributed by atoms with Crippen LogP contribution in [-0.4, -0.2) is 69.4 Å². The van der Waals surface area contributed by atoms with Gasteiger partial charge in [0.2, 0.25) is 5.91 Å². The second kappa shape index (κ2) is 47.6. The number of hydrogen-bond acceptors (Lipinski definition) is 7. The molecule has 3 atom stereocenters. The Hall–Kier alpha value is -2.03. The SMILES string of the molecule is CCCC/C=C\CCCCCCCC(=O)NC(COP(=O)([O-])OCC[N+](C)(C)C)C(/C=C\CCCCCCCCCCCCC)OC(=O)CCCCCCCCC/C=C\C/C=C\CCCCC. The van der Waals surface area contributed by atoms with Crippen LogP contribution in [-0.2, 0) is 27.9 Å². The molecule has 1 amide bonds. The lowest BCUT2D eigenvalue weighted by Crippen LogP contribution is -2.47. The Kier molecular flexibility index (Phi) is 46.2. The van der Waals surface area contributed by atoms with Crippen LogP contribution in [0.1, 0.15) is 252 Å². The van der Waals surface area contributed by atoms with Crippen molar-refractivity contribution >= 4 is 19.7 Å². The van der Waals surface area contributed by atoms with Crippen LogP contribution >= 0.6 is 7.82 Å². The number of hydrogen-bond donors (Lipinski definition) is 1. The quantitative estimate of drug-likeness (QED) is 0.0212. The zero-order valence-corrected chi connectivity index (χ0v) is 45.5. The van der Waals surface area contributed by atoms with Gasteiger partial charge in [-0.2, -0.15) is 0 Å². The maximum atomic E-state index is 13.4. The number of amides is 1. The maximum Gasteiger partial charge on any atom is 0.306 e. The largest absolute Gasteiger partial charge is 0.756 e. The molecule has 0 rings (SSSR count). The molecule has 0 aromatic heterocycles. The number of unbranched alkanes of at least 4 members (excludes halogenated alkanes) is 28. The van der Waals surface area contributed by atoms with Crippen molar-refractivity contribution in [3.8, 4) is 0 Å². The van der Waals surface area contributed by atoms with E-state index >= 15 is 0 Å². The van der Waals surface area contributed by atoms with Crippen LogP contribution in [0.2, 0.25) is 0 Å². The first-order chi connectivity index (χ1) is 32.4. The monoisotopic (exact) mass is 963 g/mol. The molecule has 10 heteroatoms. The molecule has 0 heterocycles. The van der Waals surface area contributed by atoms with E-state index in [1.165, 1.54) is 116 Å². The average molecular weight is 963 g/mol. The summed E-state index contributed by atoms with van der Waals surface area (Å²) in [6.45, 7) is 6.77. The lowest BCUT2D eigenvalue weighted by Gasteiger charge is -2.30. The smallest absolute Gasteiger partial charge is 0.306 e. The number of rotatable bonds is 50. The Morgan fingerprint density at radius 1 is 0.522 bits per heavy atom. The van der Waals surface area contributed by atoms with E-state index in [1.807, 2.05) is 33.3 Å². The molecular weight excluding hydrogens is 856 g/mol. The summed E-state index contributed by atoms with van der Waals surface area (Å²) in [5.74, 6) is -0.559. The molecule has 0 radical (unpaired) electrons. The summed E-state index contributed by atoms with van der Waals surface area (Å²) in [7, 11) is 1.17. The number of carbonyl (C=O) groups is 2. The van der Waals surface area contributed by atoms with Gasteiger partial charge in [-0.15, -0.1) is 0 Å². The minimum absolute atomic E-state index is 0.0254. The third-order valence-electron chi connectivity index (χ3n) is 12.2. The van der Waals surface area contributed by atoms with E-state index in [4.69, 9.17) is 13.8 Å². The molecule has 67 heavy (non-hydrogen) atoms. The number of quaternary nitrogens is 1. The van der Waals surface area contributed by atoms with Crippen molar-refractivity contribution in [2.75, 3.05) is 40.9 Å². The molecule has 0 aliphatic heterocycles. The van der Waals surface area contributed by atoms with Gasteiger partial charge >= 0.3 is 5.97 Å². The molecule has 0 aromatic carbocycles. The van der Waals surface area contributed by atoms with Crippen molar-refractivity contribution in [1.82, 2.24) is 5.32 Å². The molecule has 0 saturated heterocycles. The molecule has 1 N–H and O–H groups in total. The third-order valence-corrected chi connectivity index (χ3v) is 13.2. The van der Waals surface area contributed by atoms with Gasteiger partial charge in [-0.3, -0.25) is 14.2 Å². The second-order valence-electron chi connectivity index (χ2n) is 20.1. The van der Waals surface area contributed by atoms with Gasteiger partial charge in [0, 0.05) is 12.8 Å². The summed E-state index contributed by atoms with van der Waals surface area (Å²) < 4.78 is 30.2. The van der Waals surface area contributed by atoms with Crippen LogP contribution in [0.25, 0.3) is 0 Å². The first-order valence-corrected chi connectivity index (χ1v) is 29.4. The van der Waals surface area contributed by atoms with Crippen molar-refractivity contribution in [1.29, 1.82) is 0 Å². The summed E-state index contributed by atoms with van der Waals surface area (Å²) in [5, 5.41) is 3.01. The number of nitrogens with one attached hydrogen (secondary N) is 1. The minimum Gasteiger partial charge on any atom is -0.756 e. The number of phosphoric ester groups is 1. The summed E-state index contributed by atoms with van der Waals surface area (Å²) >= 11 is 0. The van der Waals surface area contributed by atoms with Crippen LogP contribution < -0.4 is 10.2 Å². The first kappa shape index (κ1) is 65.0. The Bertz CT molecular complexity index is 1290. The fraction of sp³-hybridized carbons (Fsp3) is 0.825. The molecule has 0 aromatic rings. The Balaban J connectivity index is 5.38. The van der Waals surface area contributed by atoms with Crippen LogP contribution in [0.15, 0.2) is 48.6 Å². The van der Waals surface area contributed by atoms with E-state index in [1.54, 1.807) is 0 Å². The van der Waals surface area contributed by atoms with Gasteiger partial charge in [-0.05, 0) is 83.1 Å². The van der Waals surface area contributed by atoms with Gasteiger partial charge in [0.15, 0.2) is 0 Å². The van der Waals surface area contributed by atoms with Crippen LogP contribution in [0, 0.1) is 0 Å². The lowest BCUT2D eigenvalue weighted by atomic mass is 10.0. The Morgan fingerprint density at radius 3 is 1.43 bits per heavy atom. The fourth-order valence-electron chi connectivity index (χ4n) is 7.83. The van der Waals surface area contributed by atoms with Crippen molar-refractivity contribution < 1.29 is 37.3 Å². The van der Waals surface area contributed by atoms with Gasteiger partial charge < -0.3 is 28.5 Å². The van der Waals surface area contributed by atoms with E-state index < -0.39 is 26.6 Å². The molecule has 9 nitrogen and oxygen atoms in total. The topological polar surface area (TPSA) is 114 Å². The Labute approximate surface area is 414 Å². The molecule has 0 fully saturated rings. The highest BCUT2D eigenvalue weighted by molar-refractivity contribution is 7.45. The average Bonchev–Trinajstić information content (AvgIpc) is 3.28. The minimum atomic E-state index is -4.69. The Morgan fingerprint density at radius 2 is 0.925 bits per heavy atom. The molecule has 3 unspecified atom stereocenters. The van der Waals surface area contributed by atoms with Crippen molar-refractivity contribution in [2.24, 2.45) is 0 Å². The standard InChI is InChI=1S/C57H107N2O7P/c1-7-10-13-16-19-22-25-27-28-29-30-32-35-38-41-44-47-50-57(61)66-55(48-45-42-39-36-34-31-26-23-20-17-14-11-8-2)54(53-65-67(62,63)64-52-51-59(4,5)6)58-56(60)49-46-43-40-37-33-24-21-18-15-12-9-3/h18-19,21-22,27-28,45,48,54-55H,7-17,20,23-26,29-44,46-47,49-53H2,1-6H3,(H-,58,60,62,63)/b21-18-,22-19-,28-27-,48-45-. The summed E-state index contributed by atoms with van der Waals surface area (Å²) in [5.41, 5.74) is 0. The van der Waals surface area contributed by atoms with E-state index in [0.29, 0.717) is 17.4 Å². The highest BCUT2D eigenvalue weighted by Gasteiger charge is 2.27. The second-order valence-corrected chi connectivity index (χ2v) is 21.5. The number of ether oxygens (including phenoxy) is 1. The van der Waals surface area contributed by atoms with Gasteiger partial charge in [0.25, 0.3) is 7.82 Å². The zero-order chi connectivity index (χ0) is 49.4. The van der Waals surface area contributed by atoms with Crippen molar-refractivity contribution in [3.05, 3.63) is 48.6 Å². The number of nitrogens with zero attached hydrogens (tertiary/aromatic N) is 1. The van der Waals surface area contributed by atoms with E-state index in [-0.39, 0.29) is 24.9 Å². The highest BCUT2D eigenvalue weighted by atomic mass is 31.2. The predicted octanol–water partition coefficient (Wildman–Crippen LogP) is 15.9. The van der Waals surface area contributed by atoms with Gasteiger partial charge in [0.05, 0.1) is 33.8 Å². The number of carbonyl (C=O) groups excluding carboxylic acids is 2. The van der Waals surface area contributed by atoms with Crippen LogP contribution in [0.4, 0.5) is 0 Å². The molecule has 0 saturated carbocycles. The third kappa shape index (κ3) is 48.8. The van der Waals surface area contributed by atoms with Crippen LogP contribution in [0.3, 0.4) is 0 Å².